The van der Waals surface area contributed by atoms with Crippen LogP contribution >= 0.6 is 24.0 Å². The standard InChI is InChI=1S/C15H32N4O3.HI/c1-5-16-15(18-8-11-22-9-6-13(2)3)19-12-14(20)17-7-10-21-4;/h13H,5-12H2,1-4H3,(H,17,20)(H2,16,18,19);1H. The number of rotatable bonds is 12. The maximum atomic E-state index is 11.6. The minimum atomic E-state index is -0.123. The van der Waals surface area contributed by atoms with Crippen molar-refractivity contribution >= 4 is 35.8 Å². The Bertz CT molecular complexity index is 315. The van der Waals surface area contributed by atoms with E-state index in [1.54, 1.807) is 7.11 Å². The molecule has 0 atom stereocenters. The van der Waals surface area contributed by atoms with Gasteiger partial charge in [-0.3, -0.25) is 4.79 Å². The van der Waals surface area contributed by atoms with Gasteiger partial charge in [0, 0.05) is 33.4 Å². The van der Waals surface area contributed by atoms with Gasteiger partial charge in [-0.1, -0.05) is 13.8 Å². The second-order valence-electron chi connectivity index (χ2n) is 5.26. The van der Waals surface area contributed by atoms with Crippen LogP contribution in [0, 0.1) is 5.92 Å². The van der Waals surface area contributed by atoms with E-state index in [0.717, 1.165) is 19.6 Å². The number of halogens is 1. The molecule has 0 saturated carbocycles. The van der Waals surface area contributed by atoms with Crippen molar-refractivity contribution in [3.63, 3.8) is 0 Å². The van der Waals surface area contributed by atoms with Crippen molar-refractivity contribution in [2.75, 3.05) is 53.1 Å². The highest BCUT2D eigenvalue weighted by Gasteiger charge is 2.01. The predicted octanol–water partition coefficient (Wildman–Crippen LogP) is 0.985. The molecular formula is C15H33IN4O3. The van der Waals surface area contributed by atoms with Crippen LogP contribution in [0.5, 0.6) is 0 Å². The number of aliphatic imine (C=N–C) groups is 1. The molecule has 8 heteroatoms. The van der Waals surface area contributed by atoms with Gasteiger partial charge in [0.2, 0.25) is 5.91 Å². The third-order valence-corrected chi connectivity index (χ3v) is 2.73. The molecule has 0 spiro atoms. The normalized spacial score (nSPS) is 11.1. The Labute approximate surface area is 157 Å². The average Bonchev–Trinajstić information content (AvgIpc) is 2.48. The van der Waals surface area contributed by atoms with Crippen LogP contribution in [0.2, 0.25) is 0 Å². The number of hydrogen-bond acceptors (Lipinski definition) is 4. The summed E-state index contributed by atoms with van der Waals surface area (Å²) in [5.74, 6) is 1.16. The summed E-state index contributed by atoms with van der Waals surface area (Å²) in [5.41, 5.74) is 0. The van der Waals surface area contributed by atoms with Crippen molar-refractivity contribution in [2.24, 2.45) is 10.9 Å². The predicted molar refractivity (Wildman–Crippen MR) is 105 cm³/mol. The molecule has 0 heterocycles. The van der Waals surface area contributed by atoms with Crippen LogP contribution in [0.25, 0.3) is 0 Å². The van der Waals surface area contributed by atoms with E-state index >= 15 is 0 Å². The molecule has 3 N–H and O–H groups in total. The largest absolute Gasteiger partial charge is 0.383 e. The molecule has 0 aromatic heterocycles. The first-order chi connectivity index (χ1) is 10.6. The Morgan fingerprint density at radius 3 is 2.39 bits per heavy atom. The van der Waals surface area contributed by atoms with E-state index in [4.69, 9.17) is 9.47 Å². The van der Waals surface area contributed by atoms with Crippen molar-refractivity contribution < 1.29 is 14.3 Å². The summed E-state index contributed by atoms with van der Waals surface area (Å²) >= 11 is 0. The zero-order valence-electron chi connectivity index (χ0n) is 14.8. The highest BCUT2D eigenvalue weighted by atomic mass is 127. The first-order valence-electron chi connectivity index (χ1n) is 7.95. The van der Waals surface area contributed by atoms with E-state index in [1.807, 2.05) is 6.92 Å². The van der Waals surface area contributed by atoms with Gasteiger partial charge in [-0.2, -0.15) is 0 Å². The zero-order valence-corrected chi connectivity index (χ0v) is 17.1. The van der Waals surface area contributed by atoms with E-state index in [2.05, 4.69) is 34.8 Å². The Kier molecular flexibility index (Phi) is 19.0. The molecule has 23 heavy (non-hydrogen) atoms. The highest BCUT2D eigenvalue weighted by molar-refractivity contribution is 14.0. The maximum Gasteiger partial charge on any atom is 0.241 e. The molecule has 138 valence electrons. The minimum Gasteiger partial charge on any atom is -0.383 e. The first kappa shape index (κ1) is 24.6. The molecule has 1 amide bonds. The molecule has 0 unspecified atom stereocenters. The lowest BCUT2D eigenvalue weighted by molar-refractivity contribution is -0.119. The molecule has 0 aliphatic carbocycles. The molecule has 0 aliphatic rings. The van der Waals surface area contributed by atoms with Gasteiger partial charge in [0.1, 0.15) is 6.54 Å². The topological polar surface area (TPSA) is 84.0 Å². The lowest BCUT2D eigenvalue weighted by atomic mass is 10.1. The Balaban J connectivity index is 0. The Morgan fingerprint density at radius 1 is 1.09 bits per heavy atom. The van der Waals surface area contributed by atoms with E-state index < -0.39 is 0 Å². The van der Waals surface area contributed by atoms with E-state index in [0.29, 0.717) is 38.2 Å². The van der Waals surface area contributed by atoms with Crippen molar-refractivity contribution in [1.82, 2.24) is 16.0 Å². The third-order valence-electron chi connectivity index (χ3n) is 2.73. The quantitative estimate of drug-likeness (QED) is 0.181. The van der Waals surface area contributed by atoms with Crippen LogP contribution < -0.4 is 16.0 Å². The van der Waals surface area contributed by atoms with Gasteiger partial charge in [-0.15, -0.1) is 24.0 Å². The van der Waals surface area contributed by atoms with Gasteiger partial charge in [0.15, 0.2) is 5.96 Å². The zero-order chi connectivity index (χ0) is 16.6. The van der Waals surface area contributed by atoms with Gasteiger partial charge in [-0.25, -0.2) is 4.99 Å². The molecule has 0 aliphatic heterocycles. The van der Waals surface area contributed by atoms with E-state index in [9.17, 15) is 4.79 Å². The van der Waals surface area contributed by atoms with Crippen molar-refractivity contribution in [3.8, 4) is 0 Å². The molecule has 7 nitrogen and oxygen atoms in total. The fraction of sp³-hybridized carbons (Fsp3) is 0.867. The van der Waals surface area contributed by atoms with Crippen LogP contribution in [0.4, 0.5) is 0 Å². The average molecular weight is 444 g/mol. The number of nitrogens with zero attached hydrogens (tertiary/aromatic N) is 1. The van der Waals surface area contributed by atoms with E-state index in [-0.39, 0.29) is 36.4 Å². The summed E-state index contributed by atoms with van der Waals surface area (Å²) < 4.78 is 10.4. The summed E-state index contributed by atoms with van der Waals surface area (Å²) in [7, 11) is 1.60. The fourth-order valence-electron chi connectivity index (χ4n) is 1.50. The lowest BCUT2D eigenvalue weighted by Crippen LogP contribution is -2.40. The monoisotopic (exact) mass is 444 g/mol. The Morgan fingerprint density at radius 2 is 1.78 bits per heavy atom. The highest BCUT2D eigenvalue weighted by Crippen LogP contribution is 1.98. The number of guanidine groups is 1. The molecule has 0 radical (unpaired) electrons. The number of hydrogen-bond donors (Lipinski definition) is 3. The summed E-state index contributed by atoms with van der Waals surface area (Å²) in [6, 6.07) is 0. The lowest BCUT2D eigenvalue weighted by Gasteiger charge is -2.12. The number of carbonyl (C=O) groups is 1. The molecular weight excluding hydrogens is 411 g/mol. The van der Waals surface area contributed by atoms with Gasteiger partial charge in [0.05, 0.1) is 13.2 Å². The van der Waals surface area contributed by atoms with Crippen molar-refractivity contribution in [1.29, 1.82) is 0 Å². The minimum absolute atomic E-state index is 0. The number of nitrogens with one attached hydrogen (secondary N) is 3. The SMILES string of the molecule is CCNC(=NCC(=O)NCCOC)NCCOCCC(C)C.I. The van der Waals surface area contributed by atoms with Gasteiger partial charge in [-0.05, 0) is 19.3 Å². The molecule has 0 aromatic carbocycles. The second kappa shape index (κ2) is 17.7. The number of carbonyl (C=O) groups excluding carboxylic acids is 1. The van der Waals surface area contributed by atoms with Gasteiger partial charge >= 0.3 is 0 Å². The van der Waals surface area contributed by atoms with Crippen molar-refractivity contribution in [2.45, 2.75) is 27.2 Å². The summed E-state index contributed by atoms with van der Waals surface area (Å²) in [6.07, 6.45) is 1.07. The van der Waals surface area contributed by atoms with E-state index in [1.165, 1.54) is 0 Å². The Hall–Kier alpha value is -0.610. The maximum absolute atomic E-state index is 11.6. The van der Waals surface area contributed by atoms with Crippen LogP contribution in [0.3, 0.4) is 0 Å². The first-order valence-corrected chi connectivity index (χ1v) is 7.95. The van der Waals surface area contributed by atoms with Crippen molar-refractivity contribution in [3.05, 3.63) is 0 Å². The van der Waals surface area contributed by atoms with Crippen LogP contribution in [0.15, 0.2) is 4.99 Å². The molecule has 0 bridgehead atoms. The van der Waals surface area contributed by atoms with Gasteiger partial charge < -0.3 is 25.4 Å². The smallest absolute Gasteiger partial charge is 0.241 e. The van der Waals surface area contributed by atoms with Crippen LogP contribution in [-0.4, -0.2) is 65.0 Å². The number of methoxy groups -OCH3 is 1. The van der Waals surface area contributed by atoms with Crippen LogP contribution in [-0.2, 0) is 14.3 Å². The molecule has 0 rings (SSSR count). The van der Waals surface area contributed by atoms with Crippen LogP contribution in [0.1, 0.15) is 27.2 Å². The molecule has 0 aromatic rings. The third kappa shape index (κ3) is 17.6. The van der Waals surface area contributed by atoms with Gasteiger partial charge in [0.25, 0.3) is 0 Å². The second-order valence-corrected chi connectivity index (χ2v) is 5.26. The number of ether oxygens (including phenoxy) is 2. The molecule has 0 fully saturated rings. The number of amides is 1. The molecule has 0 saturated heterocycles. The summed E-state index contributed by atoms with van der Waals surface area (Å²) in [4.78, 5) is 15.8. The fourth-order valence-corrected chi connectivity index (χ4v) is 1.50. The summed E-state index contributed by atoms with van der Waals surface area (Å²) in [6.45, 7) is 10.2. The summed E-state index contributed by atoms with van der Waals surface area (Å²) in [5, 5.41) is 8.96.